The van der Waals surface area contributed by atoms with E-state index in [9.17, 15) is 0 Å². The van der Waals surface area contributed by atoms with Crippen LogP contribution in [0.5, 0.6) is 0 Å². The molecule has 0 unspecified atom stereocenters. The Bertz CT molecular complexity index is 601. The second kappa shape index (κ2) is 6.52. The fourth-order valence-corrected chi connectivity index (χ4v) is 3.03. The van der Waals surface area contributed by atoms with Crippen molar-refractivity contribution in [2.45, 2.75) is 26.3 Å². The van der Waals surface area contributed by atoms with Crippen LogP contribution in [0.3, 0.4) is 0 Å². The summed E-state index contributed by atoms with van der Waals surface area (Å²) in [5.74, 6) is 0. The van der Waals surface area contributed by atoms with E-state index >= 15 is 0 Å². The van der Waals surface area contributed by atoms with Crippen molar-refractivity contribution in [2.75, 3.05) is 23.3 Å². The van der Waals surface area contributed by atoms with Gasteiger partial charge in [-0.1, -0.05) is 28.1 Å². The van der Waals surface area contributed by atoms with E-state index in [1.54, 1.807) is 0 Å². The van der Waals surface area contributed by atoms with Crippen molar-refractivity contribution < 1.29 is 0 Å². The van der Waals surface area contributed by atoms with Gasteiger partial charge in [0.15, 0.2) is 0 Å². The van der Waals surface area contributed by atoms with E-state index in [1.807, 2.05) is 0 Å². The first-order chi connectivity index (χ1) is 10.2. The molecular weight excluding hydrogens is 324 g/mol. The van der Waals surface area contributed by atoms with Crippen LogP contribution in [0.15, 0.2) is 46.9 Å². The molecule has 21 heavy (non-hydrogen) atoms. The minimum atomic E-state index is 0.858. The van der Waals surface area contributed by atoms with Crippen molar-refractivity contribution in [3.8, 4) is 0 Å². The standard InChI is InChI=1S/C18H21BrN2/c1-14-12-15(4-9-18(14)19)13-20-16-5-7-17(8-6-16)21-10-2-3-11-21/h4-9,12,20H,2-3,10-11,13H2,1H3. The Labute approximate surface area is 135 Å². The molecule has 0 bridgehead atoms. The van der Waals surface area contributed by atoms with Crippen molar-refractivity contribution in [2.24, 2.45) is 0 Å². The van der Waals surface area contributed by atoms with E-state index in [1.165, 1.54) is 52.9 Å². The molecule has 1 heterocycles. The smallest absolute Gasteiger partial charge is 0.0400 e. The quantitative estimate of drug-likeness (QED) is 0.842. The summed E-state index contributed by atoms with van der Waals surface area (Å²) in [6.45, 7) is 5.38. The van der Waals surface area contributed by atoms with Gasteiger partial charge in [0.25, 0.3) is 0 Å². The van der Waals surface area contributed by atoms with Crippen LogP contribution in [-0.4, -0.2) is 13.1 Å². The summed E-state index contributed by atoms with van der Waals surface area (Å²) in [4.78, 5) is 2.46. The Morgan fingerprint density at radius 1 is 1.05 bits per heavy atom. The molecule has 2 aromatic rings. The number of rotatable bonds is 4. The van der Waals surface area contributed by atoms with Crippen molar-refractivity contribution in [3.63, 3.8) is 0 Å². The van der Waals surface area contributed by atoms with Gasteiger partial charge in [-0.2, -0.15) is 0 Å². The fourth-order valence-electron chi connectivity index (χ4n) is 2.79. The van der Waals surface area contributed by atoms with Crippen LogP contribution in [0.25, 0.3) is 0 Å². The summed E-state index contributed by atoms with van der Waals surface area (Å²) in [6, 6.07) is 15.3. The Hall–Kier alpha value is -1.48. The van der Waals surface area contributed by atoms with E-state index in [-0.39, 0.29) is 0 Å². The summed E-state index contributed by atoms with van der Waals surface area (Å²) in [5, 5.41) is 3.49. The molecule has 1 aliphatic heterocycles. The summed E-state index contributed by atoms with van der Waals surface area (Å²) >= 11 is 3.54. The first kappa shape index (κ1) is 14.5. The minimum absolute atomic E-state index is 0.858. The van der Waals surface area contributed by atoms with Gasteiger partial charge in [0.1, 0.15) is 0 Å². The lowest BCUT2D eigenvalue weighted by Gasteiger charge is -2.18. The third-order valence-electron chi connectivity index (χ3n) is 4.06. The highest BCUT2D eigenvalue weighted by atomic mass is 79.9. The average molecular weight is 345 g/mol. The van der Waals surface area contributed by atoms with E-state index < -0.39 is 0 Å². The molecule has 1 aliphatic rings. The van der Waals surface area contributed by atoms with Gasteiger partial charge in [0.05, 0.1) is 0 Å². The van der Waals surface area contributed by atoms with E-state index in [2.05, 4.69) is 75.5 Å². The third kappa shape index (κ3) is 3.59. The summed E-state index contributed by atoms with van der Waals surface area (Å²) in [6.07, 6.45) is 2.64. The highest BCUT2D eigenvalue weighted by Crippen LogP contribution is 2.23. The van der Waals surface area contributed by atoms with Crippen LogP contribution >= 0.6 is 15.9 Å². The number of anilines is 2. The molecule has 1 N–H and O–H groups in total. The molecule has 1 fully saturated rings. The Morgan fingerprint density at radius 2 is 1.76 bits per heavy atom. The highest BCUT2D eigenvalue weighted by molar-refractivity contribution is 9.10. The molecule has 2 aromatic carbocycles. The molecule has 0 saturated carbocycles. The van der Waals surface area contributed by atoms with Crippen molar-refractivity contribution in [1.29, 1.82) is 0 Å². The maximum atomic E-state index is 3.54. The number of benzene rings is 2. The average Bonchev–Trinajstić information content (AvgIpc) is 3.03. The lowest BCUT2D eigenvalue weighted by atomic mass is 10.1. The van der Waals surface area contributed by atoms with E-state index in [0.29, 0.717) is 0 Å². The third-order valence-corrected chi connectivity index (χ3v) is 4.95. The number of nitrogens with one attached hydrogen (secondary N) is 1. The van der Waals surface area contributed by atoms with Gasteiger partial charge >= 0.3 is 0 Å². The SMILES string of the molecule is Cc1cc(CNc2ccc(N3CCCC3)cc2)ccc1Br. The van der Waals surface area contributed by atoms with Crippen molar-refractivity contribution >= 4 is 27.3 Å². The second-order valence-electron chi connectivity index (χ2n) is 5.68. The van der Waals surface area contributed by atoms with Crippen LogP contribution in [0.2, 0.25) is 0 Å². The molecule has 3 rings (SSSR count). The molecule has 0 atom stereocenters. The molecule has 110 valence electrons. The molecule has 1 saturated heterocycles. The molecule has 2 nitrogen and oxygen atoms in total. The maximum Gasteiger partial charge on any atom is 0.0400 e. The van der Waals surface area contributed by atoms with Gasteiger partial charge in [-0.15, -0.1) is 0 Å². The predicted molar refractivity (Wildman–Crippen MR) is 94.1 cm³/mol. The van der Waals surface area contributed by atoms with Gasteiger partial charge in [-0.05, 0) is 61.2 Å². The van der Waals surface area contributed by atoms with Gasteiger partial charge < -0.3 is 10.2 Å². The van der Waals surface area contributed by atoms with E-state index in [0.717, 1.165) is 6.54 Å². The number of hydrogen-bond acceptors (Lipinski definition) is 2. The number of aryl methyl sites for hydroxylation is 1. The molecule has 0 spiro atoms. The van der Waals surface area contributed by atoms with Gasteiger partial charge in [0, 0.05) is 35.5 Å². The Balaban J connectivity index is 1.61. The first-order valence-corrected chi connectivity index (χ1v) is 8.35. The van der Waals surface area contributed by atoms with Gasteiger partial charge in [-0.3, -0.25) is 0 Å². The zero-order chi connectivity index (χ0) is 14.7. The summed E-state index contributed by atoms with van der Waals surface area (Å²) in [5.41, 5.74) is 5.11. The van der Waals surface area contributed by atoms with E-state index in [4.69, 9.17) is 0 Å². The lowest BCUT2D eigenvalue weighted by Crippen LogP contribution is -2.17. The van der Waals surface area contributed by atoms with Gasteiger partial charge in [-0.25, -0.2) is 0 Å². The van der Waals surface area contributed by atoms with Crippen LogP contribution in [-0.2, 0) is 6.54 Å². The first-order valence-electron chi connectivity index (χ1n) is 7.56. The fraction of sp³-hybridized carbons (Fsp3) is 0.333. The monoisotopic (exact) mass is 344 g/mol. The minimum Gasteiger partial charge on any atom is -0.381 e. The number of hydrogen-bond donors (Lipinski definition) is 1. The Morgan fingerprint density at radius 3 is 2.43 bits per heavy atom. The summed E-state index contributed by atoms with van der Waals surface area (Å²) in [7, 11) is 0. The largest absolute Gasteiger partial charge is 0.381 e. The molecule has 0 radical (unpaired) electrons. The predicted octanol–water partition coefficient (Wildman–Crippen LogP) is 4.97. The van der Waals surface area contributed by atoms with Crippen LogP contribution in [0.1, 0.15) is 24.0 Å². The zero-order valence-corrected chi connectivity index (χ0v) is 14.0. The zero-order valence-electron chi connectivity index (χ0n) is 12.4. The lowest BCUT2D eigenvalue weighted by molar-refractivity contribution is 0.949. The molecular formula is C18H21BrN2. The number of halogens is 1. The molecule has 0 aliphatic carbocycles. The molecule has 0 aromatic heterocycles. The summed E-state index contributed by atoms with van der Waals surface area (Å²) < 4.78 is 1.17. The molecule has 3 heteroatoms. The van der Waals surface area contributed by atoms with Crippen molar-refractivity contribution in [3.05, 3.63) is 58.1 Å². The highest BCUT2D eigenvalue weighted by Gasteiger charge is 2.11. The van der Waals surface area contributed by atoms with Crippen LogP contribution in [0.4, 0.5) is 11.4 Å². The topological polar surface area (TPSA) is 15.3 Å². The Kier molecular flexibility index (Phi) is 4.49. The molecule has 0 amide bonds. The maximum absolute atomic E-state index is 3.54. The normalized spacial score (nSPS) is 14.5. The van der Waals surface area contributed by atoms with Crippen LogP contribution < -0.4 is 10.2 Å². The van der Waals surface area contributed by atoms with Gasteiger partial charge in [0.2, 0.25) is 0 Å². The second-order valence-corrected chi connectivity index (χ2v) is 6.53. The van der Waals surface area contributed by atoms with Crippen LogP contribution in [0, 0.1) is 6.92 Å². The number of nitrogens with zero attached hydrogens (tertiary/aromatic N) is 1. The van der Waals surface area contributed by atoms with Crippen molar-refractivity contribution in [1.82, 2.24) is 0 Å².